The first-order valence-electron chi connectivity index (χ1n) is 6.60. The molecule has 6 nitrogen and oxygen atoms in total. The van der Waals surface area contributed by atoms with Gasteiger partial charge >= 0.3 is 0 Å². The topological polar surface area (TPSA) is 80.0 Å². The van der Waals surface area contributed by atoms with Crippen LogP contribution in [0.25, 0.3) is 0 Å². The number of aromatic nitrogens is 3. The van der Waals surface area contributed by atoms with Crippen LogP contribution < -0.4 is 16.0 Å². The summed E-state index contributed by atoms with van der Waals surface area (Å²) in [6, 6.07) is 5.13. The fourth-order valence-corrected chi connectivity index (χ4v) is 2.55. The van der Waals surface area contributed by atoms with Gasteiger partial charge in [-0.25, -0.2) is 0 Å². The van der Waals surface area contributed by atoms with E-state index in [4.69, 9.17) is 28.9 Å². The highest BCUT2D eigenvalue weighted by Gasteiger charge is 2.17. The summed E-state index contributed by atoms with van der Waals surface area (Å²) in [5.41, 5.74) is 6.39. The molecule has 1 aliphatic rings. The average molecular weight is 325 g/mol. The van der Waals surface area contributed by atoms with Gasteiger partial charge in [0.05, 0.1) is 10.7 Å². The lowest BCUT2D eigenvalue weighted by molar-refractivity contribution is 0.887. The van der Waals surface area contributed by atoms with Gasteiger partial charge in [0, 0.05) is 18.1 Å². The SMILES string of the molecule is Nc1nc(Nc2cc(Cl)ccc2Cl)nc(N2CCCC2)n1. The molecule has 3 N–H and O–H groups in total. The van der Waals surface area contributed by atoms with Gasteiger partial charge in [0.15, 0.2) is 0 Å². The number of benzene rings is 1. The standard InChI is InChI=1S/C13H14Cl2N6/c14-8-3-4-9(15)10(7-8)17-12-18-11(16)19-13(20-12)21-5-1-2-6-21/h3-4,7H,1-2,5-6H2,(H3,16,17,18,19,20). The minimum Gasteiger partial charge on any atom is -0.368 e. The number of anilines is 4. The van der Waals surface area contributed by atoms with E-state index in [9.17, 15) is 0 Å². The lowest BCUT2D eigenvalue weighted by Gasteiger charge is -2.16. The molecule has 1 fully saturated rings. The van der Waals surface area contributed by atoms with Crippen LogP contribution in [0.2, 0.25) is 10.0 Å². The zero-order chi connectivity index (χ0) is 14.8. The molecule has 21 heavy (non-hydrogen) atoms. The van der Waals surface area contributed by atoms with Crippen LogP contribution in [0.5, 0.6) is 0 Å². The fourth-order valence-electron chi connectivity index (χ4n) is 2.21. The molecule has 0 aliphatic carbocycles. The first kappa shape index (κ1) is 14.2. The molecule has 1 saturated heterocycles. The summed E-state index contributed by atoms with van der Waals surface area (Å²) in [5.74, 6) is 1.11. The van der Waals surface area contributed by atoms with Crippen molar-refractivity contribution in [2.75, 3.05) is 29.0 Å². The second-order valence-corrected chi connectivity index (χ2v) is 5.60. The van der Waals surface area contributed by atoms with Gasteiger partial charge in [-0.15, -0.1) is 0 Å². The van der Waals surface area contributed by atoms with E-state index >= 15 is 0 Å². The Morgan fingerprint density at radius 1 is 1.10 bits per heavy atom. The van der Waals surface area contributed by atoms with E-state index in [2.05, 4.69) is 25.2 Å². The van der Waals surface area contributed by atoms with Crippen molar-refractivity contribution >= 4 is 46.7 Å². The van der Waals surface area contributed by atoms with Gasteiger partial charge in [-0.1, -0.05) is 23.2 Å². The number of nitrogens with one attached hydrogen (secondary N) is 1. The Balaban J connectivity index is 1.89. The molecule has 0 unspecified atom stereocenters. The van der Waals surface area contributed by atoms with E-state index in [0.29, 0.717) is 27.6 Å². The third kappa shape index (κ3) is 3.28. The monoisotopic (exact) mass is 324 g/mol. The molecule has 0 amide bonds. The van der Waals surface area contributed by atoms with Gasteiger partial charge in [0.25, 0.3) is 0 Å². The summed E-state index contributed by atoms with van der Waals surface area (Å²) in [7, 11) is 0. The van der Waals surface area contributed by atoms with Gasteiger partial charge in [0.1, 0.15) is 0 Å². The zero-order valence-electron chi connectivity index (χ0n) is 11.2. The number of nitrogens with two attached hydrogens (primary N) is 1. The maximum absolute atomic E-state index is 6.12. The van der Waals surface area contributed by atoms with Crippen LogP contribution in [0.3, 0.4) is 0 Å². The maximum atomic E-state index is 6.12. The Bertz CT molecular complexity index is 657. The summed E-state index contributed by atoms with van der Waals surface area (Å²) in [6.07, 6.45) is 2.27. The fraction of sp³-hybridized carbons (Fsp3) is 0.308. The second-order valence-electron chi connectivity index (χ2n) is 4.76. The van der Waals surface area contributed by atoms with E-state index in [1.165, 1.54) is 0 Å². The van der Waals surface area contributed by atoms with Crippen molar-refractivity contribution in [3.05, 3.63) is 28.2 Å². The molecule has 110 valence electrons. The summed E-state index contributed by atoms with van der Waals surface area (Å²) >= 11 is 12.1. The highest BCUT2D eigenvalue weighted by Crippen LogP contribution is 2.28. The minimum absolute atomic E-state index is 0.174. The van der Waals surface area contributed by atoms with Crippen molar-refractivity contribution in [2.24, 2.45) is 0 Å². The lowest BCUT2D eigenvalue weighted by atomic mass is 10.3. The number of nitrogens with zero attached hydrogens (tertiary/aromatic N) is 4. The van der Waals surface area contributed by atoms with E-state index in [1.54, 1.807) is 18.2 Å². The summed E-state index contributed by atoms with van der Waals surface area (Å²) in [5, 5.41) is 4.13. The number of rotatable bonds is 3. The number of halogens is 2. The van der Waals surface area contributed by atoms with Crippen LogP contribution in [0.4, 0.5) is 23.5 Å². The van der Waals surface area contributed by atoms with Crippen molar-refractivity contribution in [3.8, 4) is 0 Å². The molecule has 1 aliphatic heterocycles. The van der Waals surface area contributed by atoms with Gasteiger partial charge in [-0.2, -0.15) is 15.0 Å². The predicted molar refractivity (Wildman–Crippen MR) is 85.4 cm³/mol. The van der Waals surface area contributed by atoms with Gasteiger partial charge < -0.3 is 16.0 Å². The molecule has 1 aromatic carbocycles. The van der Waals surface area contributed by atoms with Crippen LogP contribution in [0.15, 0.2) is 18.2 Å². The van der Waals surface area contributed by atoms with Crippen LogP contribution in [0, 0.1) is 0 Å². The molecule has 0 atom stereocenters. The van der Waals surface area contributed by atoms with Crippen LogP contribution in [0.1, 0.15) is 12.8 Å². The molecule has 0 radical (unpaired) electrons. The average Bonchev–Trinajstić information content (AvgIpc) is 2.96. The molecule has 0 bridgehead atoms. The quantitative estimate of drug-likeness (QED) is 0.903. The van der Waals surface area contributed by atoms with E-state index in [1.807, 2.05) is 0 Å². The largest absolute Gasteiger partial charge is 0.368 e. The number of nitrogen functional groups attached to an aromatic ring is 1. The molecule has 3 rings (SSSR count). The lowest BCUT2D eigenvalue weighted by Crippen LogP contribution is -2.21. The van der Waals surface area contributed by atoms with Crippen LogP contribution >= 0.6 is 23.2 Å². The minimum atomic E-state index is 0.174. The predicted octanol–water partition coefficient (Wildman–Crippen LogP) is 3.10. The highest BCUT2D eigenvalue weighted by molar-refractivity contribution is 6.35. The third-order valence-electron chi connectivity index (χ3n) is 3.20. The smallest absolute Gasteiger partial charge is 0.233 e. The Labute approximate surface area is 132 Å². The molecule has 0 spiro atoms. The summed E-state index contributed by atoms with van der Waals surface area (Å²) < 4.78 is 0. The molecule has 1 aromatic heterocycles. The summed E-state index contributed by atoms with van der Waals surface area (Å²) in [4.78, 5) is 14.7. The number of hydrogen-bond acceptors (Lipinski definition) is 6. The molecular weight excluding hydrogens is 311 g/mol. The molecular formula is C13H14Cl2N6. The van der Waals surface area contributed by atoms with E-state index in [-0.39, 0.29) is 5.95 Å². The van der Waals surface area contributed by atoms with E-state index < -0.39 is 0 Å². The molecule has 2 heterocycles. The Kier molecular flexibility index (Phi) is 3.98. The van der Waals surface area contributed by atoms with Crippen LogP contribution in [-0.2, 0) is 0 Å². The van der Waals surface area contributed by atoms with E-state index in [0.717, 1.165) is 25.9 Å². The molecule has 2 aromatic rings. The van der Waals surface area contributed by atoms with Crippen molar-refractivity contribution in [2.45, 2.75) is 12.8 Å². The van der Waals surface area contributed by atoms with Crippen LogP contribution in [-0.4, -0.2) is 28.0 Å². The van der Waals surface area contributed by atoms with Crippen molar-refractivity contribution in [3.63, 3.8) is 0 Å². The Hall–Kier alpha value is -1.79. The summed E-state index contributed by atoms with van der Waals surface area (Å²) in [6.45, 7) is 1.86. The highest BCUT2D eigenvalue weighted by atomic mass is 35.5. The maximum Gasteiger partial charge on any atom is 0.233 e. The second kappa shape index (κ2) is 5.91. The van der Waals surface area contributed by atoms with Crippen molar-refractivity contribution < 1.29 is 0 Å². The number of hydrogen-bond donors (Lipinski definition) is 2. The normalized spacial score (nSPS) is 14.5. The first-order valence-corrected chi connectivity index (χ1v) is 7.36. The third-order valence-corrected chi connectivity index (χ3v) is 3.77. The van der Waals surface area contributed by atoms with Gasteiger partial charge in [-0.05, 0) is 31.0 Å². The molecule has 8 heteroatoms. The van der Waals surface area contributed by atoms with Gasteiger partial charge in [-0.3, -0.25) is 0 Å². The van der Waals surface area contributed by atoms with Gasteiger partial charge in [0.2, 0.25) is 17.8 Å². The Morgan fingerprint density at radius 2 is 1.86 bits per heavy atom. The van der Waals surface area contributed by atoms with Crippen molar-refractivity contribution in [1.82, 2.24) is 15.0 Å². The first-order chi connectivity index (χ1) is 10.1. The zero-order valence-corrected chi connectivity index (χ0v) is 12.7. The molecule has 0 saturated carbocycles. The van der Waals surface area contributed by atoms with Crippen molar-refractivity contribution in [1.29, 1.82) is 0 Å². The Morgan fingerprint density at radius 3 is 2.62 bits per heavy atom.